The van der Waals surface area contributed by atoms with Crippen LogP contribution in [0.15, 0.2) is 29.6 Å². The van der Waals surface area contributed by atoms with E-state index in [1.165, 1.54) is 0 Å². The lowest BCUT2D eigenvalue weighted by Gasteiger charge is -1.98. The van der Waals surface area contributed by atoms with Crippen LogP contribution in [0.3, 0.4) is 0 Å². The summed E-state index contributed by atoms with van der Waals surface area (Å²) in [6, 6.07) is 7.81. The Morgan fingerprint density at radius 3 is 2.73 bits per heavy atom. The van der Waals surface area contributed by atoms with E-state index in [2.05, 4.69) is 24.2 Å². The molecule has 1 nitrogen and oxygen atoms in total. The van der Waals surface area contributed by atoms with Gasteiger partial charge in [0.05, 0.1) is 5.69 Å². The maximum atomic E-state index is 5.94. The lowest BCUT2D eigenvalue weighted by atomic mass is 10.1. The van der Waals surface area contributed by atoms with Crippen molar-refractivity contribution in [3.8, 4) is 10.6 Å². The molecule has 0 saturated heterocycles. The van der Waals surface area contributed by atoms with Crippen LogP contribution in [0.4, 0.5) is 0 Å². The van der Waals surface area contributed by atoms with Gasteiger partial charge in [-0.15, -0.1) is 11.3 Å². The molecule has 1 heterocycles. The Labute approximate surface area is 98.7 Å². The monoisotopic (exact) mass is 237 g/mol. The molecule has 0 spiro atoms. The summed E-state index contributed by atoms with van der Waals surface area (Å²) in [6.45, 7) is 4.30. The van der Waals surface area contributed by atoms with Crippen LogP contribution in [0.2, 0.25) is 5.02 Å². The molecule has 2 rings (SSSR count). The van der Waals surface area contributed by atoms with Crippen molar-refractivity contribution in [3.63, 3.8) is 0 Å². The van der Waals surface area contributed by atoms with Gasteiger partial charge in [0.25, 0.3) is 0 Å². The molecular weight excluding hydrogens is 226 g/mol. The van der Waals surface area contributed by atoms with Crippen LogP contribution in [-0.2, 0) is 0 Å². The van der Waals surface area contributed by atoms with Gasteiger partial charge in [0.15, 0.2) is 0 Å². The number of rotatable bonds is 2. The third-order valence-electron chi connectivity index (χ3n) is 2.19. The van der Waals surface area contributed by atoms with Crippen LogP contribution in [-0.4, -0.2) is 4.98 Å². The molecule has 2 aromatic rings. The van der Waals surface area contributed by atoms with E-state index >= 15 is 0 Å². The standard InChI is InChI=1S/C12H12ClNS/c1-8(2)11-7-15-12(14-11)9-4-3-5-10(13)6-9/h3-8H,1-2H3. The molecule has 0 aliphatic heterocycles. The zero-order valence-corrected chi connectivity index (χ0v) is 10.3. The van der Waals surface area contributed by atoms with Crippen LogP contribution in [0.5, 0.6) is 0 Å². The van der Waals surface area contributed by atoms with Crippen molar-refractivity contribution < 1.29 is 0 Å². The normalized spacial score (nSPS) is 10.9. The predicted molar refractivity (Wildman–Crippen MR) is 66.6 cm³/mol. The van der Waals surface area contributed by atoms with Gasteiger partial charge in [-0.1, -0.05) is 37.6 Å². The maximum absolute atomic E-state index is 5.94. The molecule has 0 aliphatic carbocycles. The Kier molecular flexibility index (Phi) is 3.08. The zero-order valence-electron chi connectivity index (χ0n) is 8.70. The highest BCUT2D eigenvalue weighted by molar-refractivity contribution is 7.13. The molecule has 78 valence electrons. The fourth-order valence-corrected chi connectivity index (χ4v) is 2.47. The van der Waals surface area contributed by atoms with Crippen LogP contribution >= 0.6 is 22.9 Å². The van der Waals surface area contributed by atoms with E-state index in [1.807, 2.05) is 24.3 Å². The van der Waals surface area contributed by atoms with Crippen LogP contribution in [0, 0.1) is 0 Å². The minimum atomic E-state index is 0.481. The Morgan fingerprint density at radius 2 is 2.13 bits per heavy atom. The maximum Gasteiger partial charge on any atom is 0.123 e. The number of benzene rings is 1. The highest BCUT2D eigenvalue weighted by atomic mass is 35.5. The molecule has 0 bridgehead atoms. The highest BCUT2D eigenvalue weighted by Gasteiger charge is 2.07. The first-order valence-corrected chi connectivity index (χ1v) is 6.14. The van der Waals surface area contributed by atoms with Crippen LogP contribution < -0.4 is 0 Å². The summed E-state index contributed by atoms with van der Waals surface area (Å²) < 4.78 is 0. The van der Waals surface area contributed by atoms with Crippen LogP contribution in [0.1, 0.15) is 25.5 Å². The number of halogens is 1. The summed E-state index contributed by atoms with van der Waals surface area (Å²) in [6.07, 6.45) is 0. The van der Waals surface area contributed by atoms with Crippen molar-refractivity contribution >= 4 is 22.9 Å². The first kappa shape index (κ1) is 10.7. The van der Waals surface area contributed by atoms with Crippen molar-refractivity contribution in [2.45, 2.75) is 19.8 Å². The summed E-state index contributed by atoms with van der Waals surface area (Å²) in [7, 11) is 0. The number of hydrogen-bond donors (Lipinski definition) is 0. The largest absolute Gasteiger partial charge is 0.241 e. The Balaban J connectivity index is 2.37. The fraction of sp³-hybridized carbons (Fsp3) is 0.250. The molecule has 1 aromatic heterocycles. The third-order valence-corrected chi connectivity index (χ3v) is 3.33. The molecule has 3 heteroatoms. The minimum Gasteiger partial charge on any atom is -0.241 e. The second-order valence-electron chi connectivity index (χ2n) is 3.74. The summed E-state index contributed by atoms with van der Waals surface area (Å²) in [5.41, 5.74) is 2.24. The van der Waals surface area contributed by atoms with Crippen molar-refractivity contribution in [2.75, 3.05) is 0 Å². The summed E-state index contributed by atoms with van der Waals surface area (Å²) >= 11 is 7.61. The van der Waals surface area contributed by atoms with Gasteiger partial charge in [-0.2, -0.15) is 0 Å². The molecule has 0 unspecified atom stereocenters. The number of thiazole rings is 1. The molecule has 0 amide bonds. The molecular formula is C12H12ClNS. The highest BCUT2D eigenvalue weighted by Crippen LogP contribution is 2.28. The van der Waals surface area contributed by atoms with Gasteiger partial charge >= 0.3 is 0 Å². The quantitative estimate of drug-likeness (QED) is 0.745. The predicted octanol–water partition coefficient (Wildman–Crippen LogP) is 4.59. The third kappa shape index (κ3) is 2.39. The Morgan fingerprint density at radius 1 is 1.33 bits per heavy atom. The molecule has 0 N–H and O–H groups in total. The second-order valence-corrected chi connectivity index (χ2v) is 5.04. The van der Waals surface area contributed by atoms with E-state index in [0.29, 0.717) is 5.92 Å². The number of aromatic nitrogens is 1. The lowest BCUT2D eigenvalue weighted by molar-refractivity contribution is 0.834. The molecule has 0 saturated carbocycles. The molecule has 1 aromatic carbocycles. The summed E-state index contributed by atoms with van der Waals surface area (Å²) in [5, 5.41) is 3.91. The van der Waals surface area contributed by atoms with E-state index in [4.69, 9.17) is 11.6 Å². The SMILES string of the molecule is CC(C)c1csc(-c2cccc(Cl)c2)n1. The van der Waals surface area contributed by atoms with Gasteiger partial charge in [-0.05, 0) is 18.1 Å². The smallest absolute Gasteiger partial charge is 0.123 e. The van der Waals surface area contributed by atoms with Crippen molar-refractivity contribution in [3.05, 3.63) is 40.4 Å². The Hall–Kier alpha value is -0.860. The van der Waals surface area contributed by atoms with Crippen molar-refractivity contribution in [1.82, 2.24) is 4.98 Å². The van der Waals surface area contributed by atoms with E-state index in [-0.39, 0.29) is 0 Å². The average molecular weight is 238 g/mol. The lowest BCUT2D eigenvalue weighted by Crippen LogP contribution is -1.86. The van der Waals surface area contributed by atoms with Gasteiger partial charge in [0, 0.05) is 16.0 Å². The van der Waals surface area contributed by atoms with Crippen LogP contribution in [0.25, 0.3) is 10.6 Å². The first-order valence-electron chi connectivity index (χ1n) is 4.88. The van der Waals surface area contributed by atoms with Gasteiger partial charge in [-0.25, -0.2) is 4.98 Å². The molecule has 0 atom stereocenters. The number of hydrogen-bond acceptors (Lipinski definition) is 2. The van der Waals surface area contributed by atoms with Crippen molar-refractivity contribution in [2.24, 2.45) is 0 Å². The zero-order chi connectivity index (χ0) is 10.8. The average Bonchev–Trinajstić information content (AvgIpc) is 2.66. The second kappa shape index (κ2) is 4.33. The van der Waals surface area contributed by atoms with E-state index in [9.17, 15) is 0 Å². The minimum absolute atomic E-state index is 0.481. The van der Waals surface area contributed by atoms with Gasteiger partial charge in [0.2, 0.25) is 0 Å². The van der Waals surface area contributed by atoms with Crippen molar-refractivity contribution in [1.29, 1.82) is 0 Å². The van der Waals surface area contributed by atoms with Gasteiger partial charge < -0.3 is 0 Å². The molecule has 15 heavy (non-hydrogen) atoms. The van der Waals surface area contributed by atoms with Gasteiger partial charge in [0.1, 0.15) is 5.01 Å². The van der Waals surface area contributed by atoms with E-state index < -0.39 is 0 Å². The molecule has 0 fully saturated rings. The Bertz CT molecular complexity index is 462. The van der Waals surface area contributed by atoms with E-state index in [0.717, 1.165) is 21.3 Å². The first-order chi connectivity index (χ1) is 7.16. The van der Waals surface area contributed by atoms with E-state index in [1.54, 1.807) is 11.3 Å². The fourth-order valence-electron chi connectivity index (χ4n) is 1.31. The van der Waals surface area contributed by atoms with Gasteiger partial charge in [-0.3, -0.25) is 0 Å². The summed E-state index contributed by atoms with van der Waals surface area (Å²) in [5.74, 6) is 0.481. The molecule has 0 radical (unpaired) electrons. The molecule has 0 aliphatic rings. The topological polar surface area (TPSA) is 12.9 Å². The number of nitrogens with zero attached hydrogens (tertiary/aromatic N) is 1. The summed E-state index contributed by atoms with van der Waals surface area (Å²) in [4.78, 5) is 4.58.